The van der Waals surface area contributed by atoms with Crippen LogP contribution in [0.4, 0.5) is 4.39 Å². The van der Waals surface area contributed by atoms with Gasteiger partial charge in [-0.1, -0.05) is 72.4 Å². The Hall–Kier alpha value is -3.64. The molecule has 0 unspecified atom stereocenters. The van der Waals surface area contributed by atoms with Crippen molar-refractivity contribution in [3.05, 3.63) is 103 Å². The molecular formula is C25H19FN4S. The second kappa shape index (κ2) is 8.62. The van der Waals surface area contributed by atoms with Gasteiger partial charge in [0.05, 0.1) is 0 Å². The molecule has 0 amide bonds. The SMILES string of the molecule is Fc1ccc(-n2c(SC/C=C/c3ccccc3)nnc2-c2c[nH]c3ccccc23)cc1. The van der Waals surface area contributed by atoms with Gasteiger partial charge in [0, 0.05) is 34.1 Å². The van der Waals surface area contributed by atoms with Crippen LogP contribution in [0.1, 0.15) is 5.56 Å². The molecule has 5 aromatic rings. The van der Waals surface area contributed by atoms with E-state index in [0.29, 0.717) is 0 Å². The highest BCUT2D eigenvalue weighted by atomic mass is 32.2. The molecule has 0 spiro atoms. The maximum Gasteiger partial charge on any atom is 0.196 e. The molecule has 2 heterocycles. The van der Waals surface area contributed by atoms with E-state index >= 15 is 0 Å². The standard InChI is InChI=1S/C25H19FN4S/c26-19-12-14-20(15-13-19)30-24(22-17-27-23-11-5-4-10-21(22)23)28-29-25(30)31-16-6-9-18-7-2-1-3-8-18/h1-15,17,27H,16H2/b9-6+. The Labute approximate surface area is 183 Å². The average Bonchev–Trinajstić information content (AvgIpc) is 3.42. The quantitative estimate of drug-likeness (QED) is 0.321. The summed E-state index contributed by atoms with van der Waals surface area (Å²) in [5, 5.41) is 10.8. The van der Waals surface area contributed by atoms with Crippen LogP contribution in [0.2, 0.25) is 0 Å². The molecule has 0 radical (unpaired) electrons. The molecule has 0 aliphatic heterocycles. The van der Waals surface area contributed by atoms with Crippen molar-refractivity contribution in [1.82, 2.24) is 19.7 Å². The maximum absolute atomic E-state index is 13.6. The first-order valence-electron chi connectivity index (χ1n) is 9.92. The monoisotopic (exact) mass is 426 g/mol. The number of halogens is 1. The molecule has 1 N–H and O–H groups in total. The van der Waals surface area contributed by atoms with Gasteiger partial charge in [0.2, 0.25) is 0 Å². The molecule has 0 saturated carbocycles. The molecule has 31 heavy (non-hydrogen) atoms. The fourth-order valence-electron chi connectivity index (χ4n) is 3.49. The van der Waals surface area contributed by atoms with Gasteiger partial charge >= 0.3 is 0 Å². The summed E-state index contributed by atoms with van der Waals surface area (Å²) >= 11 is 1.59. The number of nitrogens with one attached hydrogen (secondary N) is 1. The van der Waals surface area contributed by atoms with Crippen molar-refractivity contribution in [2.45, 2.75) is 5.16 Å². The number of nitrogens with zero attached hydrogens (tertiary/aromatic N) is 3. The van der Waals surface area contributed by atoms with Crippen LogP contribution in [0.25, 0.3) is 34.1 Å². The molecule has 0 saturated heterocycles. The maximum atomic E-state index is 13.6. The fraction of sp³-hybridized carbons (Fsp3) is 0.0400. The van der Waals surface area contributed by atoms with Gasteiger partial charge in [-0.2, -0.15) is 0 Å². The van der Waals surface area contributed by atoms with E-state index in [0.717, 1.165) is 44.5 Å². The van der Waals surface area contributed by atoms with E-state index in [1.54, 1.807) is 23.9 Å². The zero-order valence-electron chi connectivity index (χ0n) is 16.6. The van der Waals surface area contributed by atoms with E-state index in [-0.39, 0.29) is 5.82 Å². The van der Waals surface area contributed by atoms with Crippen LogP contribution in [0, 0.1) is 5.82 Å². The number of hydrogen-bond donors (Lipinski definition) is 1. The summed E-state index contributed by atoms with van der Waals surface area (Å²) in [7, 11) is 0. The van der Waals surface area contributed by atoms with Gasteiger partial charge in [-0.05, 0) is 35.9 Å². The van der Waals surface area contributed by atoms with Crippen LogP contribution < -0.4 is 0 Å². The zero-order chi connectivity index (χ0) is 21.0. The highest BCUT2D eigenvalue weighted by Crippen LogP contribution is 2.32. The number of para-hydroxylation sites is 1. The third-order valence-corrected chi connectivity index (χ3v) is 5.85. The Morgan fingerprint density at radius 3 is 2.52 bits per heavy atom. The number of thioether (sulfide) groups is 1. The summed E-state index contributed by atoms with van der Waals surface area (Å²) in [6.45, 7) is 0. The summed E-state index contributed by atoms with van der Waals surface area (Å²) in [5.41, 5.74) is 3.97. The van der Waals surface area contributed by atoms with Gasteiger partial charge in [-0.15, -0.1) is 10.2 Å². The van der Waals surface area contributed by atoms with E-state index in [1.807, 2.05) is 47.2 Å². The highest BCUT2D eigenvalue weighted by molar-refractivity contribution is 7.99. The molecule has 152 valence electrons. The summed E-state index contributed by atoms with van der Waals surface area (Å²) in [4.78, 5) is 3.30. The summed E-state index contributed by atoms with van der Waals surface area (Å²) in [6, 6.07) is 24.7. The number of rotatable bonds is 6. The highest BCUT2D eigenvalue weighted by Gasteiger charge is 2.18. The molecule has 0 bridgehead atoms. The lowest BCUT2D eigenvalue weighted by Crippen LogP contribution is -1.99. The summed E-state index contributed by atoms with van der Waals surface area (Å²) in [5.74, 6) is 1.19. The van der Waals surface area contributed by atoms with E-state index in [1.165, 1.54) is 12.1 Å². The van der Waals surface area contributed by atoms with Crippen molar-refractivity contribution in [3.63, 3.8) is 0 Å². The van der Waals surface area contributed by atoms with Crippen LogP contribution in [0.15, 0.2) is 96.3 Å². The third kappa shape index (κ3) is 4.02. The van der Waals surface area contributed by atoms with Crippen LogP contribution in [-0.2, 0) is 0 Å². The molecule has 0 atom stereocenters. The van der Waals surface area contributed by atoms with Crippen molar-refractivity contribution in [3.8, 4) is 17.1 Å². The molecule has 2 aromatic heterocycles. The molecular weight excluding hydrogens is 407 g/mol. The van der Waals surface area contributed by atoms with Gasteiger partial charge in [0.1, 0.15) is 5.82 Å². The normalized spacial score (nSPS) is 11.5. The fourth-order valence-corrected chi connectivity index (χ4v) is 4.25. The Bertz CT molecular complexity index is 1340. The minimum Gasteiger partial charge on any atom is -0.360 e. The Balaban J connectivity index is 1.51. The topological polar surface area (TPSA) is 46.5 Å². The minimum absolute atomic E-state index is 0.273. The molecule has 0 aliphatic rings. The van der Waals surface area contributed by atoms with Crippen molar-refractivity contribution in [1.29, 1.82) is 0 Å². The summed E-state index contributed by atoms with van der Waals surface area (Å²) < 4.78 is 15.5. The second-order valence-electron chi connectivity index (χ2n) is 6.99. The average molecular weight is 427 g/mol. The Morgan fingerprint density at radius 2 is 1.68 bits per heavy atom. The molecule has 0 aliphatic carbocycles. The first-order chi connectivity index (χ1) is 15.3. The van der Waals surface area contributed by atoms with Gasteiger partial charge in [0.15, 0.2) is 11.0 Å². The number of benzene rings is 3. The zero-order valence-corrected chi connectivity index (χ0v) is 17.4. The number of fused-ring (bicyclic) bond motifs is 1. The number of hydrogen-bond acceptors (Lipinski definition) is 3. The van der Waals surface area contributed by atoms with Crippen LogP contribution >= 0.6 is 11.8 Å². The van der Waals surface area contributed by atoms with Gasteiger partial charge < -0.3 is 4.98 Å². The molecule has 3 aromatic carbocycles. The lowest BCUT2D eigenvalue weighted by molar-refractivity contribution is 0.627. The lowest BCUT2D eigenvalue weighted by atomic mass is 10.1. The second-order valence-corrected chi connectivity index (χ2v) is 7.98. The number of aromatic nitrogens is 4. The first-order valence-corrected chi connectivity index (χ1v) is 10.9. The van der Waals surface area contributed by atoms with E-state index < -0.39 is 0 Å². The van der Waals surface area contributed by atoms with Gasteiger partial charge in [-0.3, -0.25) is 4.57 Å². The van der Waals surface area contributed by atoms with Gasteiger partial charge in [0.25, 0.3) is 0 Å². The van der Waals surface area contributed by atoms with Crippen molar-refractivity contribution in [2.75, 3.05) is 5.75 Å². The van der Waals surface area contributed by atoms with E-state index in [2.05, 4.69) is 45.5 Å². The lowest BCUT2D eigenvalue weighted by Gasteiger charge is -2.09. The Morgan fingerprint density at radius 1 is 0.903 bits per heavy atom. The number of aromatic amines is 1. The van der Waals surface area contributed by atoms with Crippen molar-refractivity contribution < 1.29 is 4.39 Å². The molecule has 6 heteroatoms. The van der Waals surface area contributed by atoms with Crippen LogP contribution in [0.5, 0.6) is 0 Å². The van der Waals surface area contributed by atoms with E-state index in [9.17, 15) is 4.39 Å². The van der Waals surface area contributed by atoms with Crippen LogP contribution in [-0.4, -0.2) is 25.5 Å². The largest absolute Gasteiger partial charge is 0.360 e. The van der Waals surface area contributed by atoms with Crippen molar-refractivity contribution in [2.24, 2.45) is 0 Å². The number of H-pyrrole nitrogens is 1. The Kier molecular flexibility index (Phi) is 5.37. The first kappa shape index (κ1) is 19.3. The van der Waals surface area contributed by atoms with E-state index in [4.69, 9.17) is 0 Å². The predicted octanol–water partition coefficient (Wildman–Crippen LogP) is 6.36. The van der Waals surface area contributed by atoms with Crippen LogP contribution in [0.3, 0.4) is 0 Å². The molecule has 0 fully saturated rings. The molecule has 5 rings (SSSR count). The smallest absolute Gasteiger partial charge is 0.196 e. The third-order valence-electron chi connectivity index (χ3n) is 4.97. The minimum atomic E-state index is -0.273. The summed E-state index contributed by atoms with van der Waals surface area (Å²) in [6.07, 6.45) is 6.14. The molecule has 4 nitrogen and oxygen atoms in total. The van der Waals surface area contributed by atoms with Crippen molar-refractivity contribution >= 4 is 28.7 Å². The van der Waals surface area contributed by atoms with Gasteiger partial charge in [-0.25, -0.2) is 4.39 Å². The predicted molar refractivity (Wildman–Crippen MR) is 125 cm³/mol.